The van der Waals surface area contributed by atoms with Gasteiger partial charge < -0.3 is 23.7 Å². The minimum Gasteiger partial charge on any atom is -0.508 e. The van der Waals surface area contributed by atoms with E-state index in [0.29, 0.717) is 38.0 Å². The monoisotopic (exact) mass is 341 g/mol. The van der Waals surface area contributed by atoms with Crippen LogP contribution in [0.15, 0.2) is 24.3 Å². The van der Waals surface area contributed by atoms with Gasteiger partial charge in [-0.2, -0.15) is 0 Å². The van der Waals surface area contributed by atoms with Crippen LogP contribution >= 0.6 is 0 Å². The molecule has 0 saturated heterocycles. The van der Waals surface area contributed by atoms with E-state index < -0.39 is 8.80 Å². The van der Waals surface area contributed by atoms with Crippen LogP contribution in [0.5, 0.6) is 5.75 Å². The standard InChI is InChI=1S/C16H27NO5Si/c1-4-20-23(21-5-2,22-6-3)13-7-12-17-16(19)14-8-10-15(18)11-9-14/h8-11,18H,4-7,12-13H2,1-3H3,(H,17,19). The SMILES string of the molecule is CCO[Si](CCCNC(=O)c1ccc(O)cc1)(OCC)OCC. The van der Waals surface area contributed by atoms with Gasteiger partial charge in [-0.25, -0.2) is 0 Å². The van der Waals surface area contributed by atoms with E-state index in [4.69, 9.17) is 13.3 Å². The van der Waals surface area contributed by atoms with E-state index in [0.717, 1.165) is 6.42 Å². The van der Waals surface area contributed by atoms with Gasteiger partial charge in [0.2, 0.25) is 0 Å². The second kappa shape index (κ2) is 10.4. The van der Waals surface area contributed by atoms with Crippen LogP contribution in [0.2, 0.25) is 6.04 Å². The Morgan fingerprint density at radius 1 is 1.04 bits per heavy atom. The summed E-state index contributed by atoms with van der Waals surface area (Å²) in [6.45, 7) is 7.93. The first kappa shape index (κ1) is 19.6. The lowest BCUT2D eigenvalue weighted by molar-refractivity contribution is 0.0705. The molecule has 0 aromatic heterocycles. The number of hydrogen-bond donors (Lipinski definition) is 2. The fourth-order valence-corrected chi connectivity index (χ4v) is 4.84. The zero-order chi connectivity index (χ0) is 17.1. The molecule has 0 aliphatic rings. The Morgan fingerprint density at radius 3 is 2.04 bits per heavy atom. The summed E-state index contributed by atoms with van der Waals surface area (Å²) < 4.78 is 17.3. The first-order valence-corrected chi connectivity index (χ1v) is 9.99. The van der Waals surface area contributed by atoms with Crippen molar-refractivity contribution in [2.45, 2.75) is 33.2 Å². The molecule has 7 heteroatoms. The fraction of sp³-hybridized carbons (Fsp3) is 0.562. The lowest BCUT2D eigenvalue weighted by Crippen LogP contribution is -2.46. The highest BCUT2D eigenvalue weighted by Gasteiger charge is 2.39. The number of phenolic OH excluding ortho intramolecular Hbond substituents is 1. The van der Waals surface area contributed by atoms with Crippen LogP contribution < -0.4 is 5.32 Å². The molecule has 0 aliphatic heterocycles. The van der Waals surface area contributed by atoms with E-state index in [1.54, 1.807) is 12.1 Å². The Hall–Kier alpha value is -1.41. The molecule has 1 rings (SSSR count). The first-order chi connectivity index (χ1) is 11.1. The van der Waals surface area contributed by atoms with E-state index in [1.165, 1.54) is 12.1 Å². The molecular weight excluding hydrogens is 314 g/mol. The average Bonchev–Trinajstić information content (AvgIpc) is 2.53. The van der Waals surface area contributed by atoms with Crippen LogP contribution in [-0.4, -0.2) is 46.2 Å². The number of carbonyl (C=O) groups excluding carboxylic acids is 1. The minimum atomic E-state index is -2.64. The molecule has 0 saturated carbocycles. The van der Waals surface area contributed by atoms with Gasteiger partial charge in [0.15, 0.2) is 0 Å². The van der Waals surface area contributed by atoms with Crippen LogP contribution in [0.4, 0.5) is 0 Å². The van der Waals surface area contributed by atoms with E-state index >= 15 is 0 Å². The van der Waals surface area contributed by atoms with Crippen molar-refractivity contribution in [3.05, 3.63) is 29.8 Å². The van der Waals surface area contributed by atoms with Crippen LogP contribution in [0, 0.1) is 0 Å². The van der Waals surface area contributed by atoms with Gasteiger partial charge in [0.05, 0.1) is 0 Å². The quantitative estimate of drug-likeness (QED) is 0.478. The molecule has 1 amide bonds. The molecule has 0 aliphatic carbocycles. The second-order valence-electron chi connectivity index (χ2n) is 4.89. The largest absolute Gasteiger partial charge is 0.508 e. The summed E-state index contributed by atoms with van der Waals surface area (Å²) in [6, 6.07) is 6.82. The topological polar surface area (TPSA) is 77.0 Å². The summed E-state index contributed by atoms with van der Waals surface area (Å²) in [7, 11) is -2.64. The molecule has 1 aromatic rings. The molecular formula is C16H27NO5Si. The molecule has 1 aromatic carbocycles. The zero-order valence-corrected chi connectivity index (χ0v) is 15.1. The molecule has 0 spiro atoms. The van der Waals surface area contributed by atoms with E-state index in [2.05, 4.69) is 5.32 Å². The number of rotatable bonds is 11. The number of hydrogen-bond acceptors (Lipinski definition) is 5. The summed E-state index contributed by atoms with van der Waals surface area (Å²) in [6.07, 6.45) is 0.718. The van der Waals surface area contributed by atoms with Crippen molar-refractivity contribution in [1.29, 1.82) is 0 Å². The Balaban J connectivity index is 2.46. The molecule has 2 N–H and O–H groups in total. The Labute approximate surface area is 139 Å². The highest BCUT2D eigenvalue weighted by molar-refractivity contribution is 6.60. The van der Waals surface area contributed by atoms with E-state index in [9.17, 15) is 9.90 Å². The van der Waals surface area contributed by atoms with Gasteiger partial charge in [-0.05, 0) is 51.5 Å². The number of aromatic hydroxyl groups is 1. The Morgan fingerprint density at radius 2 is 1.57 bits per heavy atom. The van der Waals surface area contributed by atoms with Crippen LogP contribution in [0.3, 0.4) is 0 Å². The van der Waals surface area contributed by atoms with E-state index in [-0.39, 0.29) is 11.7 Å². The van der Waals surface area contributed by atoms with Crippen molar-refractivity contribution in [3.63, 3.8) is 0 Å². The average molecular weight is 341 g/mol. The Kier molecular flexibility index (Phi) is 8.86. The van der Waals surface area contributed by atoms with Crippen molar-refractivity contribution in [2.24, 2.45) is 0 Å². The van der Waals surface area contributed by atoms with Gasteiger partial charge in [0.1, 0.15) is 5.75 Å². The number of phenols is 1. The maximum atomic E-state index is 12.0. The molecule has 0 bridgehead atoms. The van der Waals surface area contributed by atoms with Gasteiger partial charge in [-0.1, -0.05) is 0 Å². The summed E-state index contributed by atoms with van der Waals surface area (Å²) in [5.41, 5.74) is 0.519. The van der Waals surface area contributed by atoms with Crippen molar-refractivity contribution in [3.8, 4) is 5.75 Å². The van der Waals surface area contributed by atoms with E-state index in [1.807, 2.05) is 20.8 Å². The van der Waals surface area contributed by atoms with Crippen LogP contribution in [-0.2, 0) is 13.3 Å². The van der Waals surface area contributed by atoms with Crippen LogP contribution in [0.1, 0.15) is 37.6 Å². The summed E-state index contributed by atoms with van der Waals surface area (Å²) >= 11 is 0. The fourth-order valence-electron chi connectivity index (χ4n) is 2.22. The number of nitrogens with one attached hydrogen (secondary N) is 1. The maximum absolute atomic E-state index is 12.0. The van der Waals surface area contributed by atoms with Gasteiger partial charge in [0, 0.05) is 38.0 Å². The number of carbonyl (C=O) groups is 1. The van der Waals surface area contributed by atoms with Gasteiger partial charge >= 0.3 is 8.80 Å². The molecule has 23 heavy (non-hydrogen) atoms. The third-order valence-electron chi connectivity index (χ3n) is 3.17. The zero-order valence-electron chi connectivity index (χ0n) is 14.1. The molecule has 6 nitrogen and oxygen atoms in total. The Bertz CT molecular complexity index is 449. The summed E-state index contributed by atoms with van der Waals surface area (Å²) in [4.78, 5) is 12.0. The van der Waals surface area contributed by atoms with Gasteiger partial charge in [0.25, 0.3) is 5.91 Å². The number of benzene rings is 1. The minimum absolute atomic E-state index is 0.141. The molecule has 0 fully saturated rings. The first-order valence-electron chi connectivity index (χ1n) is 8.06. The lowest BCUT2D eigenvalue weighted by Gasteiger charge is -2.28. The predicted octanol–water partition coefficient (Wildman–Crippen LogP) is 2.56. The normalized spacial score (nSPS) is 11.4. The third-order valence-corrected chi connectivity index (χ3v) is 6.32. The summed E-state index contributed by atoms with van der Waals surface area (Å²) in [5, 5.41) is 12.1. The molecule has 130 valence electrons. The van der Waals surface area contributed by atoms with Gasteiger partial charge in [-0.15, -0.1) is 0 Å². The predicted molar refractivity (Wildman–Crippen MR) is 90.5 cm³/mol. The molecule has 0 atom stereocenters. The van der Waals surface area contributed by atoms with Crippen molar-refractivity contribution < 1.29 is 23.2 Å². The molecule has 0 radical (unpaired) electrons. The van der Waals surface area contributed by atoms with Crippen molar-refractivity contribution >= 4 is 14.7 Å². The van der Waals surface area contributed by atoms with Crippen LogP contribution in [0.25, 0.3) is 0 Å². The smallest absolute Gasteiger partial charge is 0.500 e. The van der Waals surface area contributed by atoms with Crippen molar-refractivity contribution in [2.75, 3.05) is 26.4 Å². The van der Waals surface area contributed by atoms with Crippen molar-refractivity contribution in [1.82, 2.24) is 5.32 Å². The molecule has 0 unspecified atom stereocenters. The second-order valence-corrected chi connectivity index (χ2v) is 7.62. The highest BCUT2D eigenvalue weighted by Crippen LogP contribution is 2.18. The maximum Gasteiger partial charge on any atom is 0.500 e. The highest BCUT2D eigenvalue weighted by atomic mass is 28.4. The molecule has 0 heterocycles. The van der Waals surface area contributed by atoms with Gasteiger partial charge in [-0.3, -0.25) is 4.79 Å². The third kappa shape index (κ3) is 6.70. The summed E-state index contributed by atoms with van der Waals surface area (Å²) in [5.74, 6) is -0.0241. The number of amides is 1. The lowest BCUT2D eigenvalue weighted by atomic mass is 10.2.